The number of carbonyl (C=O) groups excluding carboxylic acids is 2. The molecule has 8 heteroatoms. The molecule has 3 amide bonds. The maximum atomic E-state index is 11.8. The van der Waals surface area contributed by atoms with E-state index in [9.17, 15) is 14.4 Å². The molecule has 1 fully saturated rings. The third kappa shape index (κ3) is 4.69. The highest BCUT2D eigenvalue weighted by Gasteiger charge is 2.26. The molecule has 1 atom stereocenters. The molecule has 0 aromatic carbocycles. The summed E-state index contributed by atoms with van der Waals surface area (Å²) in [4.78, 5) is 35.2. The Morgan fingerprint density at radius 3 is 2.40 bits per heavy atom. The summed E-state index contributed by atoms with van der Waals surface area (Å²) in [6.45, 7) is 1.08. The average molecular weight is 287 g/mol. The second-order valence-corrected chi connectivity index (χ2v) is 4.75. The molecular weight excluding hydrogens is 266 g/mol. The normalized spacial score (nSPS) is 17.4. The number of likely N-dealkylation sites (tertiary alicyclic amines) is 1. The summed E-state index contributed by atoms with van der Waals surface area (Å²) in [5.74, 6) is -1.36. The third-order valence-electron chi connectivity index (χ3n) is 3.38. The van der Waals surface area contributed by atoms with Gasteiger partial charge in [0.05, 0.1) is 0 Å². The molecule has 1 rings (SSSR count). The minimum absolute atomic E-state index is 0.00496. The number of hydrogen-bond donors (Lipinski definition) is 4. The van der Waals surface area contributed by atoms with E-state index in [1.807, 2.05) is 0 Å². The van der Waals surface area contributed by atoms with Gasteiger partial charge in [0, 0.05) is 39.0 Å². The number of aliphatic hydroxyl groups excluding tert-OH is 1. The van der Waals surface area contributed by atoms with Crippen molar-refractivity contribution < 1.29 is 24.6 Å². The van der Waals surface area contributed by atoms with Gasteiger partial charge in [0.2, 0.25) is 5.91 Å². The van der Waals surface area contributed by atoms with Gasteiger partial charge in [-0.1, -0.05) is 0 Å². The molecule has 0 aromatic heterocycles. The van der Waals surface area contributed by atoms with E-state index in [2.05, 4.69) is 10.6 Å². The maximum Gasteiger partial charge on any atom is 0.332 e. The molecule has 1 unspecified atom stereocenters. The molecule has 1 saturated heterocycles. The Morgan fingerprint density at radius 2 is 1.90 bits per heavy atom. The lowest BCUT2D eigenvalue weighted by Crippen LogP contribution is -2.47. The van der Waals surface area contributed by atoms with Gasteiger partial charge in [0.15, 0.2) is 6.10 Å². The summed E-state index contributed by atoms with van der Waals surface area (Å²) in [6, 6.07) is -0.294. The van der Waals surface area contributed by atoms with Crippen molar-refractivity contribution in [2.75, 3.05) is 26.7 Å². The number of rotatable bonds is 5. The Labute approximate surface area is 117 Å². The Morgan fingerprint density at radius 1 is 1.30 bits per heavy atom. The topological polar surface area (TPSA) is 119 Å². The number of carbonyl (C=O) groups is 3. The molecular formula is C12H21N3O5. The van der Waals surface area contributed by atoms with Crippen LogP contribution < -0.4 is 10.6 Å². The quantitative estimate of drug-likeness (QED) is 0.516. The second-order valence-electron chi connectivity index (χ2n) is 4.75. The Balaban J connectivity index is 2.26. The first-order valence-corrected chi connectivity index (χ1v) is 6.61. The maximum absolute atomic E-state index is 11.8. The lowest BCUT2D eigenvalue weighted by atomic mass is 9.96. The van der Waals surface area contributed by atoms with E-state index in [1.54, 1.807) is 11.9 Å². The van der Waals surface area contributed by atoms with Crippen molar-refractivity contribution in [3.05, 3.63) is 0 Å². The van der Waals surface area contributed by atoms with E-state index in [0.717, 1.165) is 0 Å². The van der Waals surface area contributed by atoms with Gasteiger partial charge in [-0.05, 0) is 12.8 Å². The van der Waals surface area contributed by atoms with Gasteiger partial charge in [-0.2, -0.15) is 0 Å². The van der Waals surface area contributed by atoms with Gasteiger partial charge >= 0.3 is 12.0 Å². The predicted octanol–water partition coefficient (Wildman–Crippen LogP) is -1.01. The van der Waals surface area contributed by atoms with Gasteiger partial charge in [0.1, 0.15) is 0 Å². The number of aliphatic hydroxyl groups is 1. The third-order valence-corrected chi connectivity index (χ3v) is 3.38. The van der Waals surface area contributed by atoms with Crippen LogP contribution in [0.5, 0.6) is 0 Å². The van der Waals surface area contributed by atoms with Gasteiger partial charge < -0.3 is 25.7 Å². The molecule has 0 aromatic rings. The van der Waals surface area contributed by atoms with E-state index < -0.39 is 12.1 Å². The zero-order valence-electron chi connectivity index (χ0n) is 11.5. The number of carboxylic acid groups (broad SMARTS) is 1. The molecule has 0 aliphatic carbocycles. The Kier molecular flexibility index (Phi) is 6.23. The van der Waals surface area contributed by atoms with Crippen LogP contribution in [0.4, 0.5) is 4.79 Å². The number of piperidine rings is 1. The predicted molar refractivity (Wildman–Crippen MR) is 70.0 cm³/mol. The van der Waals surface area contributed by atoms with Crippen molar-refractivity contribution >= 4 is 17.9 Å². The van der Waals surface area contributed by atoms with E-state index >= 15 is 0 Å². The summed E-state index contributed by atoms with van der Waals surface area (Å²) < 4.78 is 0. The Bertz CT molecular complexity index is 366. The number of amides is 3. The first-order chi connectivity index (χ1) is 9.45. The van der Waals surface area contributed by atoms with Crippen LogP contribution in [0.25, 0.3) is 0 Å². The molecule has 0 radical (unpaired) electrons. The van der Waals surface area contributed by atoms with Crippen molar-refractivity contribution in [1.82, 2.24) is 15.5 Å². The lowest BCUT2D eigenvalue weighted by Gasteiger charge is -2.31. The van der Waals surface area contributed by atoms with Crippen molar-refractivity contribution in [2.45, 2.75) is 25.4 Å². The Hall–Kier alpha value is -1.83. The minimum Gasteiger partial charge on any atom is -0.479 e. The summed E-state index contributed by atoms with van der Waals surface area (Å²) in [6.07, 6.45) is -0.264. The van der Waals surface area contributed by atoms with Crippen molar-refractivity contribution in [1.29, 1.82) is 0 Å². The minimum atomic E-state index is -1.46. The fourth-order valence-electron chi connectivity index (χ4n) is 2.10. The van der Waals surface area contributed by atoms with Crippen molar-refractivity contribution in [3.8, 4) is 0 Å². The van der Waals surface area contributed by atoms with Gasteiger partial charge in [-0.25, -0.2) is 9.59 Å². The van der Waals surface area contributed by atoms with Crippen LogP contribution in [0, 0.1) is 5.92 Å². The highest BCUT2D eigenvalue weighted by Crippen LogP contribution is 2.17. The molecule has 8 nitrogen and oxygen atoms in total. The summed E-state index contributed by atoms with van der Waals surface area (Å²) in [5.41, 5.74) is 0. The summed E-state index contributed by atoms with van der Waals surface area (Å²) >= 11 is 0. The van der Waals surface area contributed by atoms with Gasteiger partial charge in [-0.3, -0.25) is 4.79 Å². The second kappa shape index (κ2) is 7.68. The largest absolute Gasteiger partial charge is 0.479 e. The van der Waals surface area contributed by atoms with Crippen LogP contribution in [-0.4, -0.2) is 65.8 Å². The van der Waals surface area contributed by atoms with Gasteiger partial charge in [0.25, 0.3) is 0 Å². The fraction of sp³-hybridized carbons (Fsp3) is 0.750. The first kappa shape index (κ1) is 16.2. The summed E-state index contributed by atoms with van der Waals surface area (Å²) in [7, 11) is 1.59. The van der Waals surface area contributed by atoms with Gasteiger partial charge in [-0.15, -0.1) is 0 Å². The van der Waals surface area contributed by atoms with Crippen molar-refractivity contribution in [2.24, 2.45) is 5.92 Å². The number of carboxylic acids is 1. The first-order valence-electron chi connectivity index (χ1n) is 6.61. The van der Waals surface area contributed by atoms with Crippen LogP contribution in [0.3, 0.4) is 0 Å². The average Bonchev–Trinajstić information content (AvgIpc) is 2.46. The van der Waals surface area contributed by atoms with Crippen LogP contribution in [0.1, 0.15) is 19.3 Å². The number of aliphatic carboxylic acids is 1. The smallest absolute Gasteiger partial charge is 0.332 e. The SMILES string of the molecule is CNC(=O)C1CCN(C(=O)NCCC(O)C(=O)O)CC1. The molecule has 4 N–H and O–H groups in total. The number of urea groups is 1. The monoisotopic (exact) mass is 287 g/mol. The molecule has 0 bridgehead atoms. The number of nitrogens with zero attached hydrogens (tertiary/aromatic N) is 1. The standard InChI is InChI=1S/C12H21N3O5/c1-13-10(17)8-3-6-15(7-4-8)12(20)14-5-2-9(16)11(18)19/h8-9,16H,2-7H2,1H3,(H,13,17)(H,14,20)(H,18,19). The van der Waals surface area contributed by atoms with E-state index in [1.165, 1.54) is 0 Å². The van der Waals surface area contributed by atoms with Crippen LogP contribution in [0.2, 0.25) is 0 Å². The van der Waals surface area contributed by atoms with E-state index in [-0.39, 0.29) is 30.8 Å². The lowest BCUT2D eigenvalue weighted by molar-refractivity contribution is -0.146. The molecule has 1 heterocycles. The molecule has 20 heavy (non-hydrogen) atoms. The zero-order chi connectivity index (χ0) is 15.1. The van der Waals surface area contributed by atoms with Crippen LogP contribution >= 0.6 is 0 Å². The highest BCUT2D eigenvalue weighted by molar-refractivity contribution is 5.79. The fourth-order valence-corrected chi connectivity index (χ4v) is 2.10. The number of nitrogens with one attached hydrogen (secondary N) is 2. The van der Waals surface area contributed by atoms with Crippen LogP contribution in [0.15, 0.2) is 0 Å². The van der Waals surface area contributed by atoms with Crippen molar-refractivity contribution in [3.63, 3.8) is 0 Å². The van der Waals surface area contributed by atoms with E-state index in [0.29, 0.717) is 25.9 Å². The molecule has 114 valence electrons. The van der Waals surface area contributed by atoms with Crippen LogP contribution in [-0.2, 0) is 9.59 Å². The highest BCUT2D eigenvalue weighted by atomic mass is 16.4. The summed E-state index contributed by atoms with van der Waals surface area (Å²) in [5, 5.41) is 22.7. The zero-order valence-corrected chi connectivity index (χ0v) is 11.5. The number of hydrogen-bond acceptors (Lipinski definition) is 4. The van der Waals surface area contributed by atoms with E-state index in [4.69, 9.17) is 10.2 Å². The molecule has 1 aliphatic heterocycles. The molecule has 1 aliphatic rings. The molecule has 0 saturated carbocycles. The molecule has 0 spiro atoms.